The van der Waals surface area contributed by atoms with E-state index in [0.29, 0.717) is 39.3 Å². The lowest BCUT2D eigenvalue weighted by molar-refractivity contribution is -0.0883. The van der Waals surface area contributed by atoms with Crippen LogP contribution in [0, 0.1) is 0 Å². The Labute approximate surface area is 167 Å². The average Bonchev–Trinajstić information content (AvgIpc) is 2.97. The monoisotopic (exact) mass is 400 g/mol. The first-order valence-electron chi connectivity index (χ1n) is 9.70. The Morgan fingerprint density at radius 2 is 2.17 bits per heavy atom. The molecule has 9 nitrogen and oxygen atoms in total. The van der Waals surface area contributed by atoms with Gasteiger partial charge in [0.1, 0.15) is 11.2 Å². The van der Waals surface area contributed by atoms with Crippen LogP contribution in [0.4, 0.5) is 0 Å². The second-order valence-corrected chi connectivity index (χ2v) is 7.62. The van der Waals surface area contributed by atoms with E-state index in [-0.39, 0.29) is 28.7 Å². The number of amides is 1. The topological polar surface area (TPSA) is 95.7 Å². The number of pyridine rings is 1. The van der Waals surface area contributed by atoms with Crippen LogP contribution in [-0.4, -0.2) is 63.2 Å². The van der Waals surface area contributed by atoms with Gasteiger partial charge in [-0.1, -0.05) is 0 Å². The van der Waals surface area contributed by atoms with Crippen LogP contribution < -0.4 is 11.1 Å². The van der Waals surface area contributed by atoms with Crippen molar-refractivity contribution in [1.82, 2.24) is 19.2 Å². The van der Waals surface area contributed by atoms with Gasteiger partial charge >= 0.3 is 0 Å². The van der Waals surface area contributed by atoms with Crippen molar-refractivity contribution in [3.63, 3.8) is 0 Å². The van der Waals surface area contributed by atoms with Crippen molar-refractivity contribution in [2.24, 2.45) is 7.05 Å². The maximum atomic E-state index is 13.0. The summed E-state index contributed by atoms with van der Waals surface area (Å²) in [7, 11) is 1.62. The molecule has 4 heterocycles. The molecule has 0 aliphatic carbocycles. The summed E-state index contributed by atoms with van der Waals surface area (Å²) in [5.41, 5.74) is -1.00. The fourth-order valence-corrected chi connectivity index (χ4v) is 3.97. The molecule has 154 valence electrons. The molecule has 4 rings (SSSR count). The molecule has 0 saturated carbocycles. The molecule has 1 amide bonds. The van der Waals surface area contributed by atoms with Gasteiger partial charge in [-0.25, -0.2) is 4.68 Å². The first-order valence-corrected chi connectivity index (χ1v) is 9.70. The maximum absolute atomic E-state index is 13.0. The molecule has 9 heteroatoms. The average molecular weight is 400 g/mol. The van der Waals surface area contributed by atoms with Gasteiger partial charge < -0.3 is 18.9 Å². The van der Waals surface area contributed by atoms with E-state index in [4.69, 9.17) is 9.47 Å². The lowest BCUT2D eigenvalue weighted by atomic mass is 9.99. The molecule has 29 heavy (non-hydrogen) atoms. The molecule has 1 spiro atoms. The molecule has 2 aromatic rings. The molecule has 0 radical (unpaired) electrons. The van der Waals surface area contributed by atoms with Crippen molar-refractivity contribution < 1.29 is 14.3 Å². The van der Waals surface area contributed by atoms with Gasteiger partial charge in [-0.2, -0.15) is 5.10 Å². The summed E-state index contributed by atoms with van der Waals surface area (Å²) in [5, 5.41) is 4.09. The fourth-order valence-electron chi connectivity index (χ4n) is 3.97. The number of rotatable bonds is 3. The highest BCUT2D eigenvalue weighted by Gasteiger charge is 2.44. The molecule has 2 saturated heterocycles. The number of nitrogens with zero attached hydrogens (tertiary/aromatic N) is 4. The fraction of sp³-hybridized carbons (Fsp3) is 0.500. The summed E-state index contributed by atoms with van der Waals surface area (Å²) in [6, 6.07) is 6.31. The summed E-state index contributed by atoms with van der Waals surface area (Å²) in [6.45, 7) is 1.85. The standard InChI is InChI=1S/C20H24N4O5/c1-22-9-3-4-16(18(22)26)19(27)23-10-11-28-14-20(13-23)7-6-15(29-20)12-24-17(25)5-2-8-21-24/h2-5,8-9,15H,6-7,10-14H2,1H3/t15?,20-/m0/s1. The zero-order chi connectivity index (χ0) is 20.4. The number of carbonyl (C=O) groups excluding carboxylic acids is 1. The number of aromatic nitrogens is 3. The Hall–Kier alpha value is -2.78. The van der Waals surface area contributed by atoms with Crippen molar-refractivity contribution in [1.29, 1.82) is 0 Å². The third-order valence-corrected chi connectivity index (χ3v) is 5.49. The van der Waals surface area contributed by atoms with Gasteiger partial charge in [0.15, 0.2) is 0 Å². The van der Waals surface area contributed by atoms with E-state index in [1.807, 2.05) is 0 Å². The van der Waals surface area contributed by atoms with E-state index in [2.05, 4.69) is 5.10 Å². The van der Waals surface area contributed by atoms with Gasteiger partial charge in [0.2, 0.25) is 0 Å². The predicted octanol–water partition coefficient (Wildman–Crippen LogP) is 0.0324. The summed E-state index contributed by atoms with van der Waals surface area (Å²) in [4.78, 5) is 38.9. The molecule has 0 N–H and O–H groups in total. The van der Waals surface area contributed by atoms with Gasteiger partial charge in [0.25, 0.3) is 17.0 Å². The summed E-state index contributed by atoms with van der Waals surface area (Å²) in [5.74, 6) is -0.316. The highest BCUT2D eigenvalue weighted by molar-refractivity contribution is 5.93. The Bertz CT molecular complexity index is 1020. The third-order valence-electron chi connectivity index (χ3n) is 5.49. The van der Waals surface area contributed by atoms with Crippen molar-refractivity contribution in [3.8, 4) is 0 Å². The normalized spacial score (nSPS) is 24.6. The SMILES string of the molecule is Cn1cccc(C(=O)N2CCOC[C@]3(CCC(Cn4ncccc4=O)O3)C2)c1=O. The number of ether oxygens (including phenoxy) is 2. The van der Waals surface area contributed by atoms with Crippen LogP contribution in [0.15, 0.2) is 46.2 Å². The quantitative estimate of drug-likeness (QED) is 0.722. The Morgan fingerprint density at radius 1 is 1.31 bits per heavy atom. The minimum Gasteiger partial charge on any atom is -0.377 e. The minimum absolute atomic E-state index is 0.140. The molecule has 2 atom stereocenters. The van der Waals surface area contributed by atoms with Crippen LogP contribution in [0.25, 0.3) is 0 Å². The Kier molecular flexibility index (Phi) is 5.33. The number of hydrogen-bond donors (Lipinski definition) is 0. The van der Waals surface area contributed by atoms with E-state index in [1.54, 1.807) is 42.5 Å². The molecule has 2 aliphatic heterocycles. The second kappa shape index (κ2) is 7.92. The van der Waals surface area contributed by atoms with Gasteiger partial charge in [-0.3, -0.25) is 14.4 Å². The highest BCUT2D eigenvalue weighted by atomic mass is 16.6. The lowest BCUT2D eigenvalue weighted by Crippen LogP contribution is -2.48. The zero-order valence-electron chi connectivity index (χ0n) is 16.3. The molecule has 1 unspecified atom stereocenters. The first kappa shape index (κ1) is 19.5. The van der Waals surface area contributed by atoms with Gasteiger partial charge in [-0.15, -0.1) is 0 Å². The molecule has 0 bridgehead atoms. The molecule has 2 aliphatic rings. The number of aryl methyl sites for hydroxylation is 1. The van der Waals surface area contributed by atoms with Crippen molar-refractivity contribution >= 4 is 5.91 Å². The molecular weight excluding hydrogens is 376 g/mol. The largest absolute Gasteiger partial charge is 0.377 e. The second-order valence-electron chi connectivity index (χ2n) is 7.62. The van der Waals surface area contributed by atoms with E-state index in [9.17, 15) is 14.4 Å². The smallest absolute Gasteiger partial charge is 0.266 e. The maximum Gasteiger partial charge on any atom is 0.266 e. The van der Waals surface area contributed by atoms with Gasteiger partial charge in [0, 0.05) is 32.1 Å². The van der Waals surface area contributed by atoms with E-state index in [0.717, 1.165) is 6.42 Å². The molecule has 2 fully saturated rings. The highest BCUT2D eigenvalue weighted by Crippen LogP contribution is 2.33. The van der Waals surface area contributed by atoms with Crippen molar-refractivity contribution in [2.75, 3.05) is 26.3 Å². The van der Waals surface area contributed by atoms with Crippen LogP contribution in [0.1, 0.15) is 23.2 Å². The van der Waals surface area contributed by atoms with Crippen molar-refractivity contribution in [2.45, 2.75) is 31.1 Å². The van der Waals surface area contributed by atoms with E-state index < -0.39 is 5.60 Å². The lowest BCUT2D eigenvalue weighted by Gasteiger charge is -2.32. The summed E-state index contributed by atoms with van der Waals surface area (Å²) < 4.78 is 14.8. The number of hydrogen-bond acceptors (Lipinski definition) is 6. The van der Waals surface area contributed by atoms with E-state index >= 15 is 0 Å². The van der Waals surface area contributed by atoms with E-state index in [1.165, 1.54) is 15.3 Å². The minimum atomic E-state index is -0.644. The molecular formula is C20H24N4O5. The van der Waals surface area contributed by atoms with Gasteiger partial charge in [-0.05, 0) is 31.0 Å². The van der Waals surface area contributed by atoms with Gasteiger partial charge in [0.05, 0.1) is 32.4 Å². The molecule has 0 aromatic carbocycles. The van der Waals surface area contributed by atoms with Crippen LogP contribution in [0.3, 0.4) is 0 Å². The zero-order valence-corrected chi connectivity index (χ0v) is 16.3. The number of carbonyl (C=O) groups is 1. The summed E-state index contributed by atoms with van der Waals surface area (Å²) >= 11 is 0. The van der Waals surface area contributed by atoms with Crippen LogP contribution in [0.2, 0.25) is 0 Å². The third kappa shape index (κ3) is 4.01. The summed E-state index contributed by atoms with van der Waals surface area (Å²) in [6.07, 6.45) is 4.45. The Balaban J connectivity index is 1.50. The Morgan fingerprint density at radius 3 is 3.00 bits per heavy atom. The predicted molar refractivity (Wildman–Crippen MR) is 104 cm³/mol. The van der Waals surface area contributed by atoms with Crippen LogP contribution in [-0.2, 0) is 23.1 Å². The first-order chi connectivity index (χ1) is 14.0. The van der Waals surface area contributed by atoms with Crippen molar-refractivity contribution in [3.05, 3.63) is 62.9 Å². The van der Waals surface area contributed by atoms with Crippen LogP contribution in [0.5, 0.6) is 0 Å². The molecule has 2 aromatic heterocycles. The van der Waals surface area contributed by atoms with Crippen LogP contribution >= 0.6 is 0 Å².